The number of hydrogen-bond acceptors (Lipinski definition) is 5. The quantitative estimate of drug-likeness (QED) is 0.830. The summed E-state index contributed by atoms with van der Waals surface area (Å²) in [5.41, 5.74) is 1.12. The average Bonchev–Trinajstić information content (AvgIpc) is 2.82. The van der Waals surface area contributed by atoms with Gasteiger partial charge < -0.3 is 0 Å². The highest BCUT2D eigenvalue weighted by atomic mass is 32.2. The number of nitrogens with one attached hydrogen (secondary N) is 1. The van der Waals surface area contributed by atoms with E-state index in [-0.39, 0.29) is 6.04 Å². The minimum absolute atomic E-state index is 0.0342. The van der Waals surface area contributed by atoms with Crippen LogP contribution in [0.4, 0.5) is 0 Å². The third-order valence-corrected chi connectivity index (χ3v) is 5.33. The fourth-order valence-electron chi connectivity index (χ4n) is 2.69. The zero-order valence-electron chi connectivity index (χ0n) is 12.8. The van der Waals surface area contributed by atoms with E-state index in [0.717, 1.165) is 44.6 Å². The molecule has 0 saturated carbocycles. The first-order valence-corrected chi connectivity index (χ1v) is 10.4. The van der Waals surface area contributed by atoms with Gasteiger partial charge in [-0.1, -0.05) is 13.3 Å². The molecule has 2 rings (SSSR count). The molecule has 0 spiro atoms. The second-order valence-corrected chi connectivity index (χ2v) is 8.52. The first-order chi connectivity index (χ1) is 9.96. The van der Waals surface area contributed by atoms with Gasteiger partial charge in [-0.15, -0.1) is 11.3 Å². The van der Waals surface area contributed by atoms with Crippen molar-refractivity contribution in [3.05, 3.63) is 16.1 Å². The van der Waals surface area contributed by atoms with Gasteiger partial charge in [0.05, 0.1) is 17.0 Å². The van der Waals surface area contributed by atoms with Crippen LogP contribution in [0.5, 0.6) is 0 Å². The Bertz CT molecular complexity index is 542. The van der Waals surface area contributed by atoms with Crippen molar-refractivity contribution in [2.45, 2.75) is 51.6 Å². The number of aryl methyl sites for hydroxylation is 1. The lowest BCUT2D eigenvalue weighted by atomic mass is 10.1. The van der Waals surface area contributed by atoms with Crippen LogP contribution in [0, 0.1) is 0 Å². The first-order valence-electron chi connectivity index (χ1n) is 7.59. The first kappa shape index (κ1) is 16.9. The Morgan fingerprint density at radius 1 is 1.52 bits per heavy atom. The van der Waals surface area contributed by atoms with Crippen LogP contribution in [-0.2, 0) is 23.0 Å². The highest BCUT2D eigenvalue weighted by Crippen LogP contribution is 2.17. The summed E-state index contributed by atoms with van der Waals surface area (Å²) >= 11 is 1.74. The van der Waals surface area contributed by atoms with Crippen LogP contribution >= 0.6 is 11.3 Å². The van der Waals surface area contributed by atoms with Crippen LogP contribution in [0.25, 0.3) is 0 Å². The van der Waals surface area contributed by atoms with E-state index in [9.17, 15) is 8.42 Å². The highest BCUT2D eigenvalue weighted by molar-refractivity contribution is 7.88. The number of likely N-dealkylation sites (tertiary alicyclic amines) is 1. The molecule has 0 amide bonds. The van der Waals surface area contributed by atoms with E-state index in [1.807, 2.05) is 0 Å². The number of piperidine rings is 1. The van der Waals surface area contributed by atoms with Crippen molar-refractivity contribution < 1.29 is 8.42 Å². The van der Waals surface area contributed by atoms with Gasteiger partial charge in [-0.2, -0.15) is 0 Å². The summed E-state index contributed by atoms with van der Waals surface area (Å²) in [6, 6.07) is 0.0342. The zero-order valence-corrected chi connectivity index (χ0v) is 14.5. The minimum Gasteiger partial charge on any atom is -0.296 e. The molecule has 2 heterocycles. The number of sulfonamides is 1. The van der Waals surface area contributed by atoms with Gasteiger partial charge in [-0.05, 0) is 32.2 Å². The summed E-state index contributed by atoms with van der Waals surface area (Å²) in [5, 5.41) is 3.35. The van der Waals surface area contributed by atoms with E-state index in [2.05, 4.69) is 26.9 Å². The summed E-state index contributed by atoms with van der Waals surface area (Å²) < 4.78 is 25.4. The molecule has 0 aliphatic carbocycles. The maximum Gasteiger partial charge on any atom is 0.208 e. The molecule has 1 aromatic heterocycles. The lowest BCUT2D eigenvalue weighted by molar-refractivity contribution is 0.193. The summed E-state index contributed by atoms with van der Waals surface area (Å²) in [6.45, 7) is 4.81. The standard InChI is InChI=1S/C14H25N3O2S2/c1-3-4-7-14-15-13(11-20-14)10-17-8-5-6-12(9-17)16-21(2,18)19/h11-12,16H,3-10H2,1-2H3/t12-/m1/s1. The van der Waals surface area contributed by atoms with Crippen molar-refractivity contribution in [2.75, 3.05) is 19.3 Å². The number of nitrogens with zero attached hydrogens (tertiary/aromatic N) is 2. The molecule has 1 saturated heterocycles. The second-order valence-electron chi connectivity index (χ2n) is 5.80. The van der Waals surface area contributed by atoms with E-state index >= 15 is 0 Å². The van der Waals surface area contributed by atoms with E-state index in [1.54, 1.807) is 11.3 Å². The predicted octanol–water partition coefficient (Wildman–Crippen LogP) is 2.00. The summed E-state index contributed by atoms with van der Waals surface area (Å²) in [5.74, 6) is 0. The Kier molecular flexibility index (Phi) is 6.16. The third kappa shape index (κ3) is 6.02. The zero-order chi connectivity index (χ0) is 15.3. The van der Waals surface area contributed by atoms with Crippen molar-refractivity contribution in [2.24, 2.45) is 0 Å². The molecular weight excluding hydrogens is 306 g/mol. The van der Waals surface area contributed by atoms with Crippen LogP contribution in [0.3, 0.4) is 0 Å². The van der Waals surface area contributed by atoms with Crippen LogP contribution in [0.1, 0.15) is 43.3 Å². The minimum atomic E-state index is -3.12. The number of hydrogen-bond donors (Lipinski definition) is 1. The number of thiazole rings is 1. The molecule has 1 N–H and O–H groups in total. The van der Waals surface area contributed by atoms with Gasteiger partial charge in [-0.3, -0.25) is 4.90 Å². The Morgan fingerprint density at radius 3 is 3.05 bits per heavy atom. The number of aromatic nitrogens is 1. The summed E-state index contributed by atoms with van der Waals surface area (Å²) in [6.07, 6.45) is 6.63. The summed E-state index contributed by atoms with van der Waals surface area (Å²) in [7, 11) is -3.12. The molecule has 0 bridgehead atoms. The molecule has 7 heteroatoms. The number of rotatable bonds is 7. The van der Waals surface area contributed by atoms with Crippen LogP contribution < -0.4 is 4.72 Å². The monoisotopic (exact) mass is 331 g/mol. The molecular formula is C14H25N3O2S2. The Hall–Kier alpha value is -0.500. The molecule has 1 aliphatic heterocycles. The molecule has 1 aromatic rings. The van der Waals surface area contributed by atoms with Gasteiger partial charge in [-0.25, -0.2) is 18.1 Å². The van der Waals surface area contributed by atoms with Crippen LogP contribution in [-0.4, -0.2) is 43.7 Å². The van der Waals surface area contributed by atoms with Crippen molar-refractivity contribution in [1.82, 2.24) is 14.6 Å². The molecule has 21 heavy (non-hydrogen) atoms. The van der Waals surface area contributed by atoms with Crippen LogP contribution in [0.2, 0.25) is 0 Å². The Balaban J connectivity index is 1.86. The summed E-state index contributed by atoms with van der Waals surface area (Å²) in [4.78, 5) is 6.98. The molecule has 5 nitrogen and oxygen atoms in total. The van der Waals surface area contributed by atoms with E-state index < -0.39 is 10.0 Å². The van der Waals surface area contributed by atoms with Gasteiger partial charge in [0.2, 0.25) is 10.0 Å². The fraction of sp³-hybridized carbons (Fsp3) is 0.786. The van der Waals surface area contributed by atoms with Crippen molar-refractivity contribution >= 4 is 21.4 Å². The molecule has 0 unspecified atom stereocenters. The molecule has 0 aromatic carbocycles. The molecule has 0 radical (unpaired) electrons. The van der Waals surface area contributed by atoms with Crippen molar-refractivity contribution in [3.8, 4) is 0 Å². The van der Waals surface area contributed by atoms with E-state index in [0.29, 0.717) is 0 Å². The van der Waals surface area contributed by atoms with Gasteiger partial charge in [0.25, 0.3) is 0 Å². The Morgan fingerprint density at radius 2 is 2.33 bits per heavy atom. The van der Waals surface area contributed by atoms with Gasteiger partial charge in [0, 0.05) is 24.5 Å². The lowest BCUT2D eigenvalue weighted by Gasteiger charge is -2.32. The highest BCUT2D eigenvalue weighted by Gasteiger charge is 2.22. The smallest absolute Gasteiger partial charge is 0.208 e. The van der Waals surface area contributed by atoms with Crippen LogP contribution in [0.15, 0.2) is 5.38 Å². The van der Waals surface area contributed by atoms with Gasteiger partial charge in [0.15, 0.2) is 0 Å². The molecule has 120 valence electrons. The topological polar surface area (TPSA) is 62.3 Å². The van der Waals surface area contributed by atoms with Crippen molar-refractivity contribution in [1.29, 1.82) is 0 Å². The maximum absolute atomic E-state index is 11.3. The maximum atomic E-state index is 11.3. The average molecular weight is 332 g/mol. The fourth-order valence-corrected chi connectivity index (χ4v) is 4.32. The number of unbranched alkanes of at least 4 members (excludes halogenated alkanes) is 1. The Labute approximate surface area is 131 Å². The van der Waals surface area contributed by atoms with Gasteiger partial charge >= 0.3 is 0 Å². The molecule has 1 atom stereocenters. The predicted molar refractivity (Wildman–Crippen MR) is 87.0 cm³/mol. The molecule has 1 fully saturated rings. The normalized spacial score (nSPS) is 20.8. The molecule has 1 aliphatic rings. The van der Waals surface area contributed by atoms with Crippen molar-refractivity contribution in [3.63, 3.8) is 0 Å². The second kappa shape index (κ2) is 7.67. The largest absolute Gasteiger partial charge is 0.296 e. The van der Waals surface area contributed by atoms with E-state index in [4.69, 9.17) is 0 Å². The SMILES string of the molecule is CCCCc1nc(CN2CCC[C@@H](NS(C)(=O)=O)C2)cs1. The lowest BCUT2D eigenvalue weighted by Crippen LogP contribution is -2.47. The van der Waals surface area contributed by atoms with E-state index in [1.165, 1.54) is 24.1 Å². The third-order valence-electron chi connectivity index (χ3n) is 3.62. The van der Waals surface area contributed by atoms with Gasteiger partial charge in [0.1, 0.15) is 0 Å².